The van der Waals surface area contributed by atoms with Crippen molar-refractivity contribution < 1.29 is 14.4 Å². The summed E-state index contributed by atoms with van der Waals surface area (Å²) in [6.07, 6.45) is 0.869. The Labute approximate surface area is 74.6 Å². The summed E-state index contributed by atoms with van der Waals surface area (Å²) in [6, 6.07) is -0.407. The van der Waals surface area contributed by atoms with Gasteiger partial charge in [-0.2, -0.15) is 0 Å². The predicted molar refractivity (Wildman–Crippen MR) is 46.3 cm³/mol. The highest BCUT2D eigenvalue weighted by molar-refractivity contribution is 5.70. The van der Waals surface area contributed by atoms with Crippen LogP contribution in [0.5, 0.6) is 0 Å². The highest BCUT2D eigenvalue weighted by atomic mass is 16.4. The van der Waals surface area contributed by atoms with Crippen LogP contribution in [0.1, 0.15) is 20.3 Å². The lowest BCUT2D eigenvalue weighted by atomic mass is 9.97. The van der Waals surface area contributed by atoms with Gasteiger partial charge in [-0.15, -0.1) is 0 Å². The molecule has 0 rings (SSSR count). The molecule has 12 heavy (non-hydrogen) atoms. The number of hydrogen-bond donors (Lipinski definition) is 0. The molecule has 72 valence electrons. The van der Waals surface area contributed by atoms with Gasteiger partial charge in [0.1, 0.15) is 6.04 Å². The summed E-state index contributed by atoms with van der Waals surface area (Å²) in [7, 11) is 5.64. The summed E-state index contributed by atoms with van der Waals surface area (Å²) in [5, 5.41) is 10.8. The molecule has 0 aromatic carbocycles. The Morgan fingerprint density at radius 3 is 1.92 bits per heavy atom. The van der Waals surface area contributed by atoms with E-state index in [1.165, 1.54) is 0 Å². The van der Waals surface area contributed by atoms with E-state index in [9.17, 15) is 9.90 Å². The molecule has 0 bridgehead atoms. The standard InChI is InChI=1S/C9H19NO2/c1-6-7(2)8(9(11)12)10(3,4)5/h7-8H,6H2,1-5H3/t7?,8-/m0/s1. The lowest BCUT2D eigenvalue weighted by Crippen LogP contribution is -2.57. The molecule has 0 aliphatic carbocycles. The average Bonchev–Trinajstić information content (AvgIpc) is 1.83. The number of carboxylic acids is 1. The van der Waals surface area contributed by atoms with E-state index in [2.05, 4.69) is 0 Å². The Morgan fingerprint density at radius 1 is 1.42 bits per heavy atom. The number of carboxylic acid groups (broad SMARTS) is 1. The summed E-state index contributed by atoms with van der Waals surface area (Å²) < 4.78 is 0.428. The molecule has 0 saturated carbocycles. The number of rotatable bonds is 4. The monoisotopic (exact) mass is 173 g/mol. The van der Waals surface area contributed by atoms with Crippen molar-refractivity contribution in [3.8, 4) is 0 Å². The maximum atomic E-state index is 10.8. The maximum Gasteiger partial charge on any atom is 0.131 e. The van der Waals surface area contributed by atoms with Crippen LogP contribution in [-0.4, -0.2) is 37.6 Å². The second-order valence-corrected chi connectivity index (χ2v) is 4.27. The van der Waals surface area contributed by atoms with Crippen LogP contribution in [-0.2, 0) is 4.79 Å². The van der Waals surface area contributed by atoms with E-state index in [0.29, 0.717) is 4.48 Å². The lowest BCUT2D eigenvalue weighted by molar-refractivity contribution is -0.893. The first-order chi connectivity index (χ1) is 5.30. The van der Waals surface area contributed by atoms with Crippen LogP contribution in [0.3, 0.4) is 0 Å². The molecule has 0 saturated heterocycles. The molecule has 0 fully saturated rings. The van der Waals surface area contributed by atoms with Crippen LogP contribution in [0.15, 0.2) is 0 Å². The minimum absolute atomic E-state index is 0.162. The third-order valence-corrected chi connectivity index (χ3v) is 2.26. The smallest absolute Gasteiger partial charge is 0.131 e. The number of aliphatic carboxylic acids is 1. The normalized spacial score (nSPS) is 17.1. The molecular formula is C9H19NO2. The Hall–Kier alpha value is -0.570. The zero-order valence-corrected chi connectivity index (χ0v) is 8.63. The van der Waals surface area contributed by atoms with Crippen LogP contribution >= 0.6 is 0 Å². The van der Waals surface area contributed by atoms with Gasteiger partial charge in [0.25, 0.3) is 0 Å². The van der Waals surface area contributed by atoms with Gasteiger partial charge in [-0.25, -0.2) is 0 Å². The second-order valence-electron chi connectivity index (χ2n) is 4.27. The topological polar surface area (TPSA) is 40.1 Å². The average molecular weight is 173 g/mol. The molecule has 0 aliphatic rings. The highest BCUT2D eigenvalue weighted by Gasteiger charge is 2.29. The van der Waals surface area contributed by atoms with Crippen molar-refractivity contribution in [2.75, 3.05) is 21.1 Å². The van der Waals surface area contributed by atoms with E-state index in [0.717, 1.165) is 6.42 Å². The van der Waals surface area contributed by atoms with E-state index in [-0.39, 0.29) is 5.92 Å². The highest BCUT2D eigenvalue weighted by Crippen LogP contribution is 2.16. The number of carbonyl (C=O) groups excluding carboxylic acids is 1. The summed E-state index contributed by atoms with van der Waals surface area (Å²) in [5.74, 6) is -0.785. The Bertz CT molecular complexity index is 160. The third kappa shape index (κ3) is 2.81. The van der Waals surface area contributed by atoms with E-state index in [4.69, 9.17) is 0 Å². The third-order valence-electron chi connectivity index (χ3n) is 2.26. The fourth-order valence-corrected chi connectivity index (χ4v) is 1.54. The molecule has 0 aromatic heterocycles. The Morgan fingerprint density at radius 2 is 1.83 bits per heavy atom. The fraction of sp³-hybridized carbons (Fsp3) is 0.889. The van der Waals surface area contributed by atoms with E-state index in [1.54, 1.807) is 0 Å². The molecule has 0 radical (unpaired) electrons. The van der Waals surface area contributed by atoms with Gasteiger partial charge in [-0.05, 0) is 6.42 Å². The van der Waals surface area contributed by atoms with Gasteiger partial charge in [0.05, 0.1) is 27.1 Å². The fourth-order valence-electron chi connectivity index (χ4n) is 1.54. The second kappa shape index (κ2) is 3.90. The summed E-state index contributed by atoms with van der Waals surface area (Å²) in [5.41, 5.74) is 0. The molecule has 0 spiro atoms. The molecule has 0 aromatic rings. The van der Waals surface area contributed by atoms with Gasteiger partial charge in [0.15, 0.2) is 0 Å². The van der Waals surface area contributed by atoms with Gasteiger partial charge in [0, 0.05) is 5.92 Å². The molecule has 1 unspecified atom stereocenters. The van der Waals surface area contributed by atoms with Crippen LogP contribution in [0.2, 0.25) is 0 Å². The predicted octanol–water partition coefficient (Wildman–Crippen LogP) is -0.143. The van der Waals surface area contributed by atoms with Gasteiger partial charge in [-0.1, -0.05) is 13.8 Å². The van der Waals surface area contributed by atoms with Gasteiger partial charge in [0.2, 0.25) is 0 Å². The van der Waals surface area contributed by atoms with Gasteiger partial charge in [-0.3, -0.25) is 0 Å². The van der Waals surface area contributed by atoms with Crippen molar-refractivity contribution in [1.82, 2.24) is 0 Å². The zero-order chi connectivity index (χ0) is 9.94. The van der Waals surface area contributed by atoms with Crippen molar-refractivity contribution in [2.45, 2.75) is 26.3 Å². The summed E-state index contributed by atoms with van der Waals surface area (Å²) in [4.78, 5) is 10.8. The minimum atomic E-state index is -0.947. The zero-order valence-electron chi connectivity index (χ0n) is 8.63. The number of carbonyl (C=O) groups is 1. The maximum absolute atomic E-state index is 10.8. The quantitative estimate of drug-likeness (QED) is 0.555. The largest absolute Gasteiger partial charge is 0.544 e. The van der Waals surface area contributed by atoms with Crippen LogP contribution in [0.4, 0.5) is 0 Å². The first-order valence-electron chi connectivity index (χ1n) is 4.32. The number of nitrogens with zero attached hydrogens (tertiary/aromatic N) is 1. The minimum Gasteiger partial charge on any atom is -0.544 e. The Balaban J connectivity index is 4.56. The molecule has 0 N–H and O–H groups in total. The van der Waals surface area contributed by atoms with Crippen molar-refractivity contribution in [3.05, 3.63) is 0 Å². The number of quaternary nitrogens is 1. The molecular weight excluding hydrogens is 154 g/mol. The molecule has 3 heteroatoms. The van der Waals surface area contributed by atoms with Crippen molar-refractivity contribution in [2.24, 2.45) is 5.92 Å². The first kappa shape index (κ1) is 11.4. The van der Waals surface area contributed by atoms with Gasteiger partial charge >= 0.3 is 0 Å². The van der Waals surface area contributed by atoms with Gasteiger partial charge < -0.3 is 14.4 Å². The molecule has 0 heterocycles. The first-order valence-corrected chi connectivity index (χ1v) is 4.32. The van der Waals surface area contributed by atoms with E-state index < -0.39 is 12.0 Å². The molecule has 3 nitrogen and oxygen atoms in total. The van der Waals surface area contributed by atoms with Crippen molar-refractivity contribution >= 4 is 5.97 Å². The molecule has 0 amide bonds. The Kier molecular flexibility index (Phi) is 3.71. The lowest BCUT2D eigenvalue weighted by Gasteiger charge is -2.38. The van der Waals surface area contributed by atoms with Crippen LogP contribution in [0.25, 0.3) is 0 Å². The van der Waals surface area contributed by atoms with E-state index >= 15 is 0 Å². The van der Waals surface area contributed by atoms with Crippen molar-refractivity contribution in [1.29, 1.82) is 0 Å². The summed E-state index contributed by atoms with van der Waals surface area (Å²) in [6.45, 7) is 3.94. The van der Waals surface area contributed by atoms with Crippen LogP contribution < -0.4 is 5.11 Å². The van der Waals surface area contributed by atoms with Crippen molar-refractivity contribution in [3.63, 3.8) is 0 Å². The van der Waals surface area contributed by atoms with Crippen LogP contribution in [0, 0.1) is 5.92 Å². The number of likely N-dealkylation sites (N-methyl/N-ethyl adjacent to an activating group) is 1. The van der Waals surface area contributed by atoms with E-state index in [1.807, 2.05) is 35.0 Å². The SMILES string of the molecule is CCC(C)[C@@H](C(=O)[O-])[N+](C)(C)C. The number of hydrogen-bond acceptors (Lipinski definition) is 2. The summed E-state index contributed by atoms with van der Waals surface area (Å²) >= 11 is 0. The molecule has 2 atom stereocenters. The molecule has 0 aliphatic heterocycles.